The van der Waals surface area contributed by atoms with Crippen molar-refractivity contribution in [2.75, 3.05) is 12.4 Å². The molecule has 0 bridgehead atoms. The Morgan fingerprint density at radius 2 is 1.89 bits per heavy atom. The van der Waals surface area contributed by atoms with Gasteiger partial charge in [-0.2, -0.15) is 0 Å². The fraction of sp³-hybridized carbons (Fsp3) is 0.462. The van der Waals surface area contributed by atoms with Crippen LogP contribution < -0.4 is 10.1 Å². The van der Waals surface area contributed by atoms with Gasteiger partial charge in [0.2, 0.25) is 5.95 Å². The first-order valence-corrected chi connectivity index (χ1v) is 11.6. The van der Waals surface area contributed by atoms with Crippen LogP contribution in [0.2, 0.25) is 0 Å². The number of carbonyl (C=O) groups is 1. The summed E-state index contributed by atoms with van der Waals surface area (Å²) in [5.41, 5.74) is 3.23. The zero-order valence-corrected chi connectivity index (χ0v) is 20.3. The molecule has 0 spiro atoms. The van der Waals surface area contributed by atoms with Crippen LogP contribution in [0.5, 0.6) is 5.75 Å². The highest BCUT2D eigenvalue weighted by Crippen LogP contribution is 2.46. The zero-order chi connectivity index (χ0) is 25.4. The van der Waals surface area contributed by atoms with E-state index in [4.69, 9.17) is 9.72 Å². The molecule has 1 aliphatic carbocycles. The van der Waals surface area contributed by atoms with Gasteiger partial charge in [-0.25, -0.2) is 4.98 Å². The molecule has 1 fully saturated rings. The number of esters is 1. The summed E-state index contributed by atoms with van der Waals surface area (Å²) in [6.07, 6.45) is -1.49. The predicted molar refractivity (Wildman–Crippen MR) is 128 cm³/mol. The lowest BCUT2D eigenvalue weighted by Crippen LogP contribution is -2.29. The molecule has 0 amide bonds. The molecule has 1 N–H and O–H groups in total. The first kappa shape index (κ1) is 24.9. The van der Waals surface area contributed by atoms with Crippen LogP contribution in [0.1, 0.15) is 51.6 Å². The second kappa shape index (κ2) is 9.43. The van der Waals surface area contributed by atoms with E-state index in [1.54, 1.807) is 0 Å². The number of alkyl halides is 3. The number of hydrogen-bond acceptors (Lipinski definition) is 5. The van der Waals surface area contributed by atoms with Gasteiger partial charge in [0.1, 0.15) is 5.75 Å². The standard InChI is InChI=1S/C26H30F3N3O3/c1-16-11-19(15-25(2,3)14-16)32-22-10-5-17(13-23(33)34-4)12-21(22)31-24(32)30-18-6-8-20(9-7-18)35-26(27,28)29/h5-10,12,16,19H,11,13-15H2,1-4H3,(H,30,31)/t16-,19+/m0/s1. The lowest BCUT2D eigenvalue weighted by Gasteiger charge is -2.40. The molecule has 1 aliphatic rings. The van der Waals surface area contributed by atoms with Gasteiger partial charge in [-0.1, -0.05) is 26.8 Å². The van der Waals surface area contributed by atoms with Crippen LogP contribution in [0.3, 0.4) is 0 Å². The molecule has 2 atom stereocenters. The van der Waals surface area contributed by atoms with Crippen molar-refractivity contribution in [1.29, 1.82) is 0 Å². The number of rotatable bonds is 6. The van der Waals surface area contributed by atoms with Crippen molar-refractivity contribution in [2.24, 2.45) is 11.3 Å². The number of carbonyl (C=O) groups excluding carboxylic acids is 1. The Balaban J connectivity index is 1.71. The molecule has 9 heteroatoms. The second-order valence-corrected chi connectivity index (χ2v) is 10.1. The summed E-state index contributed by atoms with van der Waals surface area (Å²) in [4.78, 5) is 16.6. The SMILES string of the molecule is COC(=O)Cc1ccc2c(c1)nc(Nc1ccc(OC(F)(F)F)cc1)n2[C@@H]1C[C@H](C)CC(C)(C)C1. The third-order valence-corrected chi connectivity index (χ3v) is 6.40. The first-order chi connectivity index (χ1) is 16.4. The molecule has 0 unspecified atom stereocenters. The summed E-state index contributed by atoms with van der Waals surface area (Å²) in [6.45, 7) is 6.80. The van der Waals surface area contributed by atoms with Crippen LogP contribution >= 0.6 is 0 Å². The van der Waals surface area contributed by atoms with E-state index in [9.17, 15) is 18.0 Å². The summed E-state index contributed by atoms with van der Waals surface area (Å²) < 4.78 is 48.5. The van der Waals surface area contributed by atoms with Crippen molar-refractivity contribution >= 4 is 28.6 Å². The molecule has 4 rings (SSSR count). The number of hydrogen-bond donors (Lipinski definition) is 1. The molecule has 6 nitrogen and oxygen atoms in total. The van der Waals surface area contributed by atoms with Crippen LogP contribution in [0.25, 0.3) is 11.0 Å². The number of ether oxygens (including phenoxy) is 2. The number of fused-ring (bicyclic) bond motifs is 1. The van der Waals surface area contributed by atoms with Crippen molar-refractivity contribution in [3.63, 3.8) is 0 Å². The molecule has 3 aromatic rings. The van der Waals surface area contributed by atoms with Crippen LogP contribution in [0.4, 0.5) is 24.8 Å². The Morgan fingerprint density at radius 3 is 2.51 bits per heavy atom. The van der Waals surface area contributed by atoms with Gasteiger partial charge in [-0.3, -0.25) is 4.79 Å². The molecule has 1 saturated carbocycles. The minimum Gasteiger partial charge on any atom is -0.469 e. The van der Waals surface area contributed by atoms with E-state index >= 15 is 0 Å². The maximum absolute atomic E-state index is 12.5. The first-order valence-electron chi connectivity index (χ1n) is 11.6. The molecular weight excluding hydrogens is 459 g/mol. The third-order valence-electron chi connectivity index (χ3n) is 6.40. The summed E-state index contributed by atoms with van der Waals surface area (Å²) in [7, 11) is 1.36. The average molecular weight is 490 g/mol. The highest BCUT2D eigenvalue weighted by Gasteiger charge is 2.35. The number of aromatic nitrogens is 2. The number of nitrogens with one attached hydrogen (secondary N) is 1. The van der Waals surface area contributed by atoms with Crippen LogP contribution in [0.15, 0.2) is 42.5 Å². The normalized spacial score (nSPS) is 20.0. The summed E-state index contributed by atoms with van der Waals surface area (Å²) >= 11 is 0. The number of methoxy groups -OCH3 is 1. The van der Waals surface area contributed by atoms with E-state index in [0.29, 0.717) is 17.6 Å². The number of imidazole rings is 1. The van der Waals surface area contributed by atoms with E-state index in [0.717, 1.165) is 35.9 Å². The quantitative estimate of drug-likeness (QED) is 0.387. The highest BCUT2D eigenvalue weighted by atomic mass is 19.4. The molecule has 0 aliphatic heterocycles. The average Bonchev–Trinajstić information content (AvgIpc) is 3.09. The second-order valence-electron chi connectivity index (χ2n) is 10.1. The largest absolute Gasteiger partial charge is 0.573 e. The van der Waals surface area contributed by atoms with Gasteiger partial charge in [-0.15, -0.1) is 13.2 Å². The van der Waals surface area contributed by atoms with Crippen LogP contribution in [-0.4, -0.2) is 29.0 Å². The van der Waals surface area contributed by atoms with Crippen LogP contribution in [-0.2, 0) is 16.0 Å². The van der Waals surface area contributed by atoms with Crippen molar-refractivity contribution < 1.29 is 27.4 Å². The monoisotopic (exact) mass is 489 g/mol. The summed E-state index contributed by atoms with van der Waals surface area (Å²) in [5, 5.41) is 3.29. The molecule has 0 radical (unpaired) electrons. The number of nitrogens with zero attached hydrogens (tertiary/aromatic N) is 2. The topological polar surface area (TPSA) is 65.4 Å². The Hall–Kier alpha value is -3.23. The lowest BCUT2D eigenvalue weighted by molar-refractivity contribution is -0.274. The maximum atomic E-state index is 12.5. The number of halogens is 3. The van der Waals surface area contributed by atoms with Gasteiger partial charge >= 0.3 is 12.3 Å². The van der Waals surface area contributed by atoms with E-state index in [1.165, 1.54) is 31.4 Å². The van der Waals surface area contributed by atoms with E-state index in [1.807, 2.05) is 18.2 Å². The summed E-state index contributed by atoms with van der Waals surface area (Å²) in [5.74, 6) is 0.527. The molecule has 35 heavy (non-hydrogen) atoms. The molecule has 0 saturated heterocycles. The van der Waals surface area contributed by atoms with Crippen molar-refractivity contribution in [2.45, 2.75) is 58.9 Å². The Morgan fingerprint density at radius 1 is 1.17 bits per heavy atom. The van der Waals surface area contributed by atoms with Gasteiger partial charge in [-0.05, 0) is 72.6 Å². The summed E-state index contributed by atoms with van der Waals surface area (Å²) in [6, 6.07) is 11.5. The highest BCUT2D eigenvalue weighted by molar-refractivity contribution is 5.82. The third kappa shape index (κ3) is 6.07. The Kier molecular flexibility index (Phi) is 6.71. The maximum Gasteiger partial charge on any atom is 0.573 e. The Bertz CT molecular complexity index is 1200. The molecule has 1 heterocycles. The fourth-order valence-electron chi connectivity index (χ4n) is 5.31. The predicted octanol–water partition coefficient (Wildman–Crippen LogP) is 6.78. The van der Waals surface area contributed by atoms with E-state index in [2.05, 4.69) is 35.4 Å². The van der Waals surface area contributed by atoms with Gasteiger partial charge in [0.25, 0.3) is 0 Å². The van der Waals surface area contributed by atoms with Crippen LogP contribution in [0, 0.1) is 11.3 Å². The van der Waals surface area contributed by atoms with Crippen molar-refractivity contribution in [3.05, 3.63) is 48.0 Å². The van der Waals surface area contributed by atoms with Gasteiger partial charge in [0.05, 0.1) is 24.6 Å². The zero-order valence-electron chi connectivity index (χ0n) is 20.3. The smallest absolute Gasteiger partial charge is 0.469 e. The van der Waals surface area contributed by atoms with E-state index < -0.39 is 6.36 Å². The van der Waals surface area contributed by atoms with E-state index in [-0.39, 0.29) is 29.6 Å². The van der Waals surface area contributed by atoms with Gasteiger partial charge in [0.15, 0.2) is 0 Å². The van der Waals surface area contributed by atoms with Crippen molar-refractivity contribution in [3.8, 4) is 5.75 Å². The molecule has 2 aromatic carbocycles. The molecule has 188 valence electrons. The Labute approximate surface area is 202 Å². The van der Waals surface area contributed by atoms with Gasteiger partial charge < -0.3 is 19.4 Å². The minimum atomic E-state index is -4.74. The number of benzene rings is 2. The fourth-order valence-corrected chi connectivity index (χ4v) is 5.31. The van der Waals surface area contributed by atoms with Crippen molar-refractivity contribution in [1.82, 2.24) is 9.55 Å². The lowest BCUT2D eigenvalue weighted by atomic mass is 9.70. The van der Waals surface area contributed by atoms with Gasteiger partial charge in [0, 0.05) is 11.7 Å². The molecule has 1 aromatic heterocycles. The minimum absolute atomic E-state index is 0.149. The molecular formula is C26H30F3N3O3. The number of anilines is 2.